The van der Waals surface area contributed by atoms with Gasteiger partial charge < -0.3 is 10.5 Å². The summed E-state index contributed by atoms with van der Waals surface area (Å²) in [4.78, 5) is 0. The summed E-state index contributed by atoms with van der Waals surface area (Å²) in [5, 5.41) is 0. The zero-order valence-electron chi connectivity index (χ0n) is 6.96. The molecular weight excluding hydrogens is 157 g/mol. The molecule has 66 valence electrons. The highest BCUT2D eigenvalue weighted by molar-refractivity contribution is 5.19. The second-order valence-electron chi connectivity index (χ2n) is 2.62. The van der Waals surface area contributed by atoms with Gasteiger partial charge in [0.2, 0.25) is 0 Å². The molecule has 0 saturated heterocycles. The average Bonchev–Trinajstić information content (AvgIpc) is 2.05. The second kappa shape index (κ2) is 4.18. The van der Waals surface area contributed by atoms with Crippen molar-refractivity contribution in [3.63, 3.8) is 0 Å². The molecular formula is C9H12FNO. The Labute approximate surface area is 71.1 Å². The number of halogens is 1. The van der Waals surface area contributed by atoms with Crippen LogP contribution >= 0.6 is 0 Å². The number of hydrogen-bond acceptors (Lipinski definition) is 2. The molecule has 12 heavy (non-hydrogen) atoms. The van der Waals surface area contributed by atoms with Crippen LogP contribution in [-0.4, -0.2) is 13.7 Å². The number of nitrogens with two attached hydrogens (primary N) is 1. The Morgan fingerprint density at radius 1 is 1.58 bits per heavy atom. The largest absolute Gasteiger partial charge is 0.383 e. The summed E-state index contributed by atoms with van der Waals surface area (Å²) in [7, 11) is 1.57. The Balaban J connectivity index is 2.73. The smallest absolute Gasteiger partial charge is 0.123 e. The Morgan fingerprint density at radius 3 is 2.92 bits per heavy atom. The van der Waals surface area contributed by atoms with Gasteiger partial charge in [-0.2, -0.15) is 0 Å². The summed E-state index contributed by atoms with van der Waals surface area (Å²) in [6.45, 7) is 0.406. The molecule has 2 nitrogen and oxygen atoms in total. The van der Waals surface area contributed by atoms with E-state index in [1.807, 2.05) is 0 Å². The van der Waals surface area contributed by atoms with Crippen molar-refractivity contribution < 1.29 is 9.13 Å². The average molecular weight is 169 g/mol. The third-order valence-corrected chi connectivity index (χ3v) is 1.62. The zero-order chi connectivity index (χ0) is 8.97. The molecule has 1 unspecified atom stereocenters. The summed E-state index contributed by atoms with van der Waals surface area (Å²) in [6.07, 6.45) is 0. The van der Waals surface area contributed by atoms with Crippen LogP contribution in [0.2, 0.25) is 0 Å². The number of ether oxygens (including phenoxy) is 1. The Hall–Kier alpha value is -0.930. The molecule has 1 rings (SSSR count). The maximum Gasteiger partial charge on any atom is 0.123 e. The van der Waals surface area contributed by atoms with Gasteiger partial charge in [-0.1, -0.05) is 12.1 Å². The van der Waals surface area contributed by atoms with Crippen molar-refractivity contribution in [3.8, 4) is 0 Å². The van der Waals surface area contributed by atoms with Crippen molar-refractivity contribution in [3.05, 3.63) is 35.6 Å². The molecule has 1 aromatic carbocycles. The quantitative estimate of drug-likeness (QED) is 0.743. The lowest BCUT2D eigenvalue weighted by Gasteiger charge is -2.09. The van der Waals surface area contributed by atoms with Gasteiger partial charge in [-0.15, -0.1) is 0 Å². The fourth-order valence-electron chi connectivity index (χ4n) is 1.01. The first-order valence-corrected chi connectivity index (χ1v) is 3.74. The van der Waals surface area contributed by atoms with Gasteiger partial charge in [0, 0.05) is 7.11 Å². The highest BCUT2D eigenvalue weighted by Gasteiger charge is 2.04. The van der Waals surface area contributed by atoms with Crippen LogP contribution in [0.5, 0.6) is 0 Å². The molecule has 0 amide bonds. The van der Waals surface area contributed by atoms with Crippen LogP contribution in [0.4, 0.5) is 4.39 Å². The van der Waals surface area contributed by atoms with Crippen molar-refractivity contribution in [1.29, 1.82) is 0 Å². The second-order valence-corrected chi connectivity index (χ2v) is 2.62. The van der Waals surface area contributed by atoms with Crippen LogP contribution in [0.25, 0.3) is 0 Å². The fraction of sp³-hybridized carbons (Fsp3) is 0.333. The van der Waals surface area contributed by atoms with Crippen molar-refractivity contribution in [2.24, 2.45) is 5.73 Å². The minimum Gasteiger partial charge on any atom is -0.383 e. The van der Waals surface area contributed by atoms with Crippen LogP contribution in [0.1, 0.15) is 11.6 Å². The number of methoxy groups -OCH3 is 1. The highest BCUT2D eigenvalue weighted by Crippen LogP contribution is 2.11. The number of rotatable bonds is 3. The topological polar surface area (TPSA) is 35.2 Å². The van der Waals surface area contributed by atoms with Gasteiger partial charge in [0.1, 0.15) is 5.82 Å². The maximum atomic E-state index is 12.7. The summed E-state index contributed by atoms with van der Waals surface area (Å²) < 4.78 is 17.5. The Morgan fingerprint density at radius 2 is 2.33 bits per heavy atom. The molecule has 1 aromatic rings. The number of hydrogen-bond donors (Lipinski definition) is 1. The first-order chi connectivity index (χ1) is 5.74. The van der Waals surface area contributed by atoms with Gasteiger partial charge in [0.15, 0.2) is 0 Å². The van der Waals surface area contributed by atoms with Crippen molar-refractivity contribution in [2.45, 2.75) is 6.04 Å². The Kier molecular flexibility index (Phi) is 3.19. The monoisotopic (exact) mass is 169 g/mol. The van der Waals surface area contributed by atoms with E-state index in [0.29, 0.717) is 6.61 Å². The van der Waals surface area contributed by atoms with E-state index < -0.39 is 0 Å². The minimum atomic E-state index is -0.265. The van der Waals surface area contributed by atoms with Crippen LogP contribution in [0.3, 0.4) is 0 Å². The molecule has 0 saturated carbocycles. The van der Waals surface area contributed by atoms with Crippen LogP contribution in [-0.2, 0) is 4.74 Å². The van der Waals surface area contributed by atoms with Gasteiger partial charge in [0.25, 0.3) is 0 Å². The molecule has 0 aliphatic rings. The third kappa shape index (κ3) is 2.29. The summed E-state index contributed by atoms with van der Waals surface area (Å²) >= 11 is 0. The zero-order valence-corrected chi connectivity index (χ0v) is 6.96. The molecule has 0 spiro atoms. The molecule has 0 radical (unpaired) electrons. The molecule has 1 atom stereocenters. The van der Waals surface area contributed by atoms with Gasteiger partial charge in [-0.3, -0.25) is 0 Å². The highest BCUT2D eigenvalue weighted by atomic mass is 19.1. The third-order valence-electron chi connectivity index (χ3n) is 1.62. The van der Waals surface area contributed by atoms with E-state index in [1.54, 1.807) is 19.2 Å². The van der Waals surface area contributed by atoms with Crippen molar-refractivity contribution in [2.75, 3.05) is 13.7 Å². The van der Waals surface area contributed by atoms with E-state index in [9.17, 15) is 4.39 Å². The van der Waals surface area contributed by atoms with Gasteiger partial charge in [-0.25, -0.2) is 4.39 Å². The number of benzene rings is 1. The minimum absolute atomic E-state index is 0.245. The van der Waals surface area contributed by atoms with E-state index in [2.05, 4.69) is 0 Å². The lowest BCUT2D eigenvalue weighted by molar-refractivity contribution is 0.181. The van der Waals surface area contributed by atoms with E-state index in [-0.39, 0.29) is 11.9 Å². The summed E-state index contributed by atoms with van der Waals surface area (Å²) in [6, 6.07) is 5.99. The van der Waals surface area contributed by atoms with Crippen LogP contribution in [0.15, 0.2) is 24.3 Å². The predicted octanol–water partition coefficient (Wildman–Crippen LogP) is 1.47. The van der Waals surface area contributed by atoms with E-state index in [1.165, 1.54) is 12.1 Å². The summed E-state index contributed by atoms with van der Waals surface area (Å²) in [5.74, 6) is -0.265. The van der Waals surface area contributed by atoms with E-state index >= 15 is 0 Å². The molecule has 0 bridgehead atoms. The van der Waals surface area contributed by atoms with E-state index in [0.717, 1.165) is 5.56 Å². The molecule has 0 aliphatic heterocycles. The lowest BCUT2D eigenvalue weighted by Crippen LogP contribution is -2.15. The normalized spacial score (nSPS) is 12.9. The molecule has 0 aromatic heterocycles. The lowest BCUT2D eigenvalue weighted by atomic mass is 10.1. The van der Waals surface area contributed by atoms with E-state index in [4.69, 9.17) is 10.5 Å². The summed E-state index contributed by atoms with van der Waals surface area (Å²) in [5.41, 5.74) is 6.44. The SMILES string of the molecule is COCC(N)c1cccc(F)c1. The van der Waals surface area contributed by atoms with Gasteiger partial charge >= 0.3 is 0 Å². The molecule has 2 N–H and O–H groups in total. The van der Waals surface area contributed by atoms with Crippen molar-refractivity contribution in [1.82, 2.24) is 0 Å². The van der Waals surface area contributed by atoms with Crippen LogP contribution in [0, 0.1) is 5.82 Å². The van der Waals surface area contributed by atoms with Gasteiger partial charge in [-0.05, 0) is 17.7 Å². The molecule has 0 fully saturated rings. The predicted molar refractivity (Wildman–Crippen MR) is 45.2 cm³/mol. The molecule has 0 aliphatic carbocycles. The van der Waals surface area contributed by atoms with Crippen LogP contribution < -0.4 is 5.73 Å². The Bertz CT molecular complexity index is 252. The molecule has 3 heteroatoms. The van der Waals surface area contributed by atoms with Crippen molar-refractivity contribution >= 4 is 0 Å². The maximum absolute atomic E-state index is 12.7. The molecule has 0 heterocycles. The van der Waals surface area contributed by atoms with Gasteiger partial charge in [0.05, 0.1) is 12.6 Å². The standard InChI is InChI=1S/C9H12FNO/c1-12-6-9(11)7-3-2-4-8(10)5-7/h2-5,9H,6,11H2,1H3. The first-order valence-electron chi connectivity index (χ1n) is 3.74. The fourth-order valence-corrected chi connectivity index (χ4v) is 1.01. The first kappa shape index (κ1) is 9.16.